The molecule has 0 bridgehead atoms. The number of aliphatic hydroxyl groups excluding tert-OH is 1. The number of thioether (sulfide) groups is 1. The van der Waals surface area contributed by atoms with E-state index in [9.17, 15) is 8.42 Å². The van der Waals surface area contributed by atoms with Crippen molar-refractivity contribution in [2.75, 3.05) is 12.0 Å². The molecule has 1 heterocycles. The number of aliphatic hydroxyl groups is 1. The van der Waals surface area contributed by atoms with Gasteiger partial charge in [-0.15, -0.1) is 11.3 Å². The van der Waals surface area contributed by atoms with Crippen LogP contribution in [0.25, 0.3) is 0 Å². The molecule has 4 nitrogen and oxygen atoms in total. The van der Waals surface area contributed by atoms with Gasteiger partial charge in [0.05, 0.1) is 6.61 Å². The Morgan fingerprint density at radius 2 is 2.22 bits per heavy atom. The van der Waals surface area contributed by atoms with Crippen LogP contribution in [-0.4, -0.2) is 31.6 Å². The summed E-state index contributed by atoms with van der Waals surface area (Å²) in [5, 5.41) is 9.09. The van der Waals surface area contributed by atoms with Gasteiger partial charge in [0.15, 0.2) is 0 Å². The lowest BCUT2D eigenvalue weighted by Crippen LogP contribution is -2.32. The Hall–Kier alpha value is -0.0800. The van der Waals surface area contributed by atoms with E-state index in [2.05, 4.69) is 4.72 Å². The molecule has 0 aliphatic rings. The fourth-order valence-corrected chi connectivity index (χ4v) is 4.79. The smallest absolute Gasteiger partial charge is 0.250 e. The maximum atomic E-state index is 12.1. The second kappa shape index (κ2) is 6.91. The summed E-state index contributed by atoms with van der Waals surface area (Å²) in [5.74, 6) is 0.926. The molecule has 0 aromatic carbocycles. The molecule has 0 fully saturated rings. The summed E-state index contributed by atoms with van der Waals surface area (Å²) >= 11 is 2.82. The monoisotopic (exact) mass is 309 g/mol. The van der Waals surface area contributed by atoms with Crippen molar-refractivity contribution >= 4 is 33.1 Å². The molecule has 0 spiro atoms. The van der Waals surface area contributed by atoms with E-state index in [1.807, 2.05) is 13.2 Å². The van der Waals surface area contributed by atoms with Crippen LogP contribution in [0.15, 0.2) is 10.3 Å². The Kier molecular flexibility index (Phi) is 6.13. The fraction of sp³-hybridized carbons (Fsp3) is 0.636. The summed E-state index contributed by atoms with van der Waals surface area (Å²) in [5.41, 5.74) is 0.819. The van der Waals surface area contributed by atoms with Crippen molar-refractivity contribution < 1.29 is 13.5 Å². The van der Waals surface area contributed by atoms with Crippen LogP contribution in [0.3, 0.4) is 0 Å². The summed E-state index contributed by atoms with van der Waals surface area (Å²) in [6.45, 7) is 3.55. The number of nitrogens with one attached hydrogen (secondary N) is 1. The van der Waals surface area contributed by atoms with Gasteiger partial charge < -0.3 is 5.11 Å². The lowest BCUT2D eigenvalue weighted by atomic mass is 10.3. The molecule has 1 unspecified atom stereocenters. The number of sulfonamides is 1. The molecule has 0 saturated carbocycles. The molecule has 0 radical (unpaired) electrons. The van der Waals surface area contributed by atoms with Crippen molar-refractivity contribution in [2.24, 2.45) is 0 Å². The van der Waals surface area contributed by atoms with Gasteiger partial charge in [0.1, 0.15) is 4.21 Å². The molecule has 0 amide bonds. The molecule has 1 aromatic heterocycles. The SMILES string of the molecule is CSCCC(C)NS(=O)(=O)c1cc(C)c(CO)s1. The predicted molar refractivity (Wildman–Crippen MR) is 77.8 cm³/mol. The third-order valence-electron chi connectivity index (χ3n) is 2.52. The zero-order chi connectivity index (χ0) is 13.8. The van der Waals surface area contributed by atoms with Crippen LogP contribution in [0.1, 0.15) is 23.8 Å². The number of thiophene rings is 1. The summed E-state index contributed by atoms with van der Waals surface area (Å²) in [4.78, 5) is 0.701. The standard InChI is InChI=1S/C11H19NO3S3/c1-8-6-11(17-10(8)7-13)18(14,15)12-9(2)4-5-16-3/h6,9,12-13H,4-5,7H2,1-3H3. The zero-order valence-corrected chi connectivity index (χ0v) is 13.2. The lowest BCUT2D eigenvalue weighted by molar-refractivity contribution is 0.285. The van der Waals surface area contributed by atoms with Gasteiger partial charge in [-0.2, -0.15) is 11.8 Å². The topological polar surface area (TPSA) is 66.4 Å². The van der Waals surface area contributed by atoms with Crippen molar-refractivity contribution in [1.82, 2.24) is 4.72 Å². The highest BCUT2D eigenvalue weighted by Gasteiger charge is 2.20. The van der Waals surface area contributed by atoms with Gasteiger partial charge in [-0.3, -0.25) is 0 Å². The van der Waals surface area contributed by atoms with E-state index < -0.39 is 10.0 Å². The molecule has 1 aromatic rings. The lowest BCUT2D eigenvalue weighted by Gasteiger charge is -2.12. The van der Waals surface area contributed by atoms with Gasteiger partial charge in [-0.05, 0) is 43.9 Å². The van der Waals surface area contributed by atoms with Crippen molar-refractivity contribution in [3.8, 4) is 0 Å². The van der Waals surface area contributed by atoms with Gasteiger partial charge in [-0.1, -0.05) is 0 Å². The normalized spacial score (nSPS) is 13.8. The molecule has 0 saturated heterocycles. The summed E-state index contributed by atoms with van der Waals surface area (Å²) in [6, 6.07) is 1.53. The first-order chi connectivity index (χ1) is 8.40. The average Bonchev–Trinajstić information content (AvgIpc) is 2.68. The van der Waals surface area contributed by atoms with Crippen LogP contribution in [0.5, 0.6) is 0 Å². The van der Waals surface area contributed by atoms with Gasteiger partial charge in [0.2, 0.25) is 10.0 Å². The molecular formula is C11H19NO3S3. The van der Waals surface area contributed by atoms with E-state index in [0.717, 1.165) is 29.1 Å². The predicted octanol–water partition coefficient (Wildman–Crippen LogP) is 1.97. The second-order valence-electron chi connectivity index (χ2n) is 4.13. The van der Waals surface area contributed by atoms with Crippen LogP contribution in [-0.2, 0) is 16.6 Å². The van der Waals surface area contributed by atoms with Gasteiger partial charge in [-0.25, -0.2) is 13.1 Å². The van der Waals surface area contributed by atoms with Crippen LogP contribution in [0, 0.1) is 6.92 Å². The third kappa shape index (κ3) is 4.24. The second-order valence-corrected chi connectivity index (χ2v) is 8.20. The molecule has 0 aliphatic carbocycles. The third-order valence-corrected chi connectivity index (χ3v) is 6.45. The Bertz CT molecular complexity index is 482. The maximum absolute atomic E-state index is 12.1. The fourth-order valence-electron chi connectivity index (χ4n) is 1.45. The first-order valence-electron chi connectivity index (χ1n) is 5.62. The Balaban J connectivity index is 2.79. The number of hydrogen-bond acceptors (Lipinski definition) is 5. The number of rotatable bonds is 7. The van der Waals surface area contributed by atoms with E-state index in [4.69, 9.17) is 5.11 Å². The number of aryl methyl sites for hydroxylation is 1. The molecular weight excluding hydrogens is 290 g/mol. The molecule has 1 atom stereocenters. The van der Waals surface area contributed by atoms with Crippen LogP contribution < -0.4 is 4.72 Å². The van der Waals surface area contributed by atoms with Gasteiger partial charge in [0, 0.05) is 10.9 Å². The summed E-state index contributed by atoms with van der Waals surface area (Å²) in [7, 11) is -3.45. The van der Waals surface area contributed by atoms with Crippen molar-refractivity contribution in [3.63, 3.8) is 0 Å². The Morgan fingerprint density at radius 3 is 2.72 bits per heavy atom. The van der Waals surface area contributed by atoms with Gasteiger partial charge >= 0.3 is 0 Å². The maximum Gasteiger partial charge on any atom is 0.250 e. The molecule has 1 rings (SSSR count). The van der Waals surface area contributed by atoms with Crippen molar-refractivity contribution in [3.05, 3.63) is 16.5 Å². The van der Waals surface area contributed by atoms with Crippen LogP contribution >= 0.6 is 23.1 Å². The zero-order valence-electron chi connectivity index (χ0n) is 10.8. The molecule has 0 aliphatic heterocycles. The van der Waals surface area contributed by atoms with E-state index in [1.165, 1.54) is 0 Å². The average molecular weight is 309 g/mol. The minimum atomic E-state index is -3.45. The summed E-state index contributed by atoms with van der Waals surface area (Å²) in [6.07, 6.45) is 2.80. The Labute approximate surface area is 117 Å². The van der Waals surface area contributed by atoms with E-state index in [-0.39, 0.29) is 16.9 Å². The molecule has 18 heavy (non-hydrogen) atoms. The minimum Gasteiger partial charge on any atom is -0.391 e. The first kappa shape index (κ1) is 16.0. The Morgan fingerprint density at radius 1 is 1.56 bits per heavy atom. The van der Waals surface area contributed by atoms with Crippen LogP contribution in [0.4, 0.5) is 0 Å². The summed E-state index contributed by atoms with van der Waals surface area (Å²) < 4.78 is 27.1. The van der Waals surface area contributed by atoms with E-state index >= 15 is 0 Å². The highest BCUT2D eigenvalue weighted by molar-refractivity contribution is 7.98. The quantitative estimate of drug-likeness (QED) is 0.808. The van der Waals surface area contributed by atoms with Crippen molar-refractivity contribution in [2.45, 2.75) is 37.1 Å². The molecule has 2 N–H and O–H groups in total. The highest BCUT2D eigenvalue weighted by Crippen LogP contribution is 2.26. The van der Waals surface area contributed by atoms with Crippen LogP contribution in [0.2, 0.25) is 0 Å². The van der Waals surface area contributed by atoms with Gasteiger partial charge in [0.25, 0.3) is 0 Å². The largest absolute Gasteiger partial charge is 0.391 e. The van der Waals surface area contributed by atoms with Crippen molar-refractivity contribution in [1.29, 1.82) is 0 Å². The highest BCUT2D eigenvalue weighted by atomic mass is 32.2. The first-order valence-corrected chi connectivity index (χ1v) is 9.31. The molecule has 7 heteroatoms. The van der Waals surface area contributed by atoms with E-state index in [0.29, 0.717) is 4.88 Å². The minimum absolute atomic E-state index is 0.0811. The number of hydrogen-bond donors (Lipinski definition) is 2. The van der Waals surface area contributed by atoms with E-state index in [1.54, 1.807) is 24.8 Å². The molecule has 104 valence electrons.